The van der Waals surface area contributed by atoms with Crippen molar-refractivity contribution >= 4 is 40.2 Å². The molecular weight excluding hydrogens is 617 g/mol. The van der Waals surface area contributed by atoms with Gasteiger partial charge in [-0.3, -0.25) is 19.9 Å². The highest BCUT2D eigenvalue weighted by molar-refractivity contribution is 7.16. The number of carbonyl (C=O) groups is 1. The molecule has 2 aromatic heterocycles. The van der Waals surface area contributed by atoms with E-state index in [-0.39, 0.29) is 23.7 Å². The van der Waals surface area contributed by atoms with Crippen LogP contribution in [0.1, 0.15) is 68.5 Å². The quantitative estimate of drug-likeness (QED) is 0.164. The number of nitrogens with one attached hydrogen (secondary N) is 1. The van der Waals surface area contributed by atoms with Crippen LogP contribution >= 0.6 is 22.9 Å². The molecule has 1 aliphatic carbocycles. The van der Waals surface area contributed by atoms with E-state index in [2.05, 4.69) is 24.1 Å². The minimum Gasteiger partial charge on any atom is -0.490 e. The van der Waals surface area contributed by atoms with E-state index in [9.17, 15) is 28.1 Å². The highest BCUT2D eigenvalue weighted by Gasteiger charge is 2.38. The van der Waals surface area contributed by atoms with Crippen LogP contribution in [0.4, 0.5) is 24.5 Å². The highest BCUT2D eigenvalue weighted by atomic mass is 35.5. The predicted molar refractivity (Wildman–Crippen MR) is 168 cm³/mol. The molecule has 1 aromatic carbocycles. The van der Waals surface area contributed by atoms with Crippen molar-refractivity contribution in [3.05, 3.63) is 79.2 Å². The van der Waals surface area contributed by atoms with Gasteiger partial charge in [0.2, 0.25) is 5.91 Å². The summed E-state index contributed by atoms with van der Waals surface area (Å²) in [5.74, 6) is 0.969. The molecular formula is C31H38ClF3N4O4S. The van der Waals surface area contributed by atoms with Crippen LogP contribution in [0.2, 0.25) is 4.34 Å². The number of nitro groups is 1. The fourth-order valence-corrected chi connectivity index (χ4v) is 6.05. The summed E-state index contributed by atoms with van der Waals surface area (Å²) < 4.78 is 46.0. The molecule has 0 aliphatic heterocycles. The first kappa shape index (κ1) is 35.1. The third kappa shape index (κ3) is 11.0. The molecule has 0 saturated heterocycles. The molecule has 0 unspecified atom stereocenters. The Balaban J connectivity index is 0.000000281. The van der Waals surface area contributed by atoms with Gasteiger partial charge in [-0.1, -0.05) is 25.4 Å². The summed E-state index contributed by atoms with van der Waals surface area (Å²) in [5.41, 5.74) is -1.09. The van der Waals surface area contributed by atoms with Gasteiger partial charge in [0.05, 0.1) is 21.8 Å². The Hall–Kier alpha value is -3.38. The van der Waals surface area contributed by atoms with Crippen LogP contribution in [0.5, 0.6) is 5.75 Å². The zero-order valence-corrected chi connectivity index (χ0v) is 26.6. The molecule has 3 aromatic rings. The van der Waals surface area contributed by atoms with Crippen molar-refractivity contribution in [2.24, 2.45) is 0 Å². The second-order valence-electron chi connectivity index (χ2n) is 10.6. The van der Waals surface area contributed by atoms with Gasteiger partial charge in [0, 0.05) is 53.7 Å². The van der Waals surface area contributed by atoms with Gasteiger partial charge in [-0.15, -0.1) is 11.3 Å². The minimum atomic E-state index is -4.78. The van der Waals surface area contributed by atoms with Gasteiger partial charge < -0.3 is 15.0 Å². The number of halogens is 4. The van der Waals surface area contributed by atoms with E-state index in [4.69, 9.17) is 16.3 Å². The average molecular weight is 655 g/mol. The van der Waals surface area contributed by atoms with Crippen LogP contribution in [0.25, 0.3) is 0 Å². The third-order valence-corrected chi connectivity index (χ3v) is 8.24. The number of nitro benzene ring substituents is 1. The molecule has 0 atom stereocenters. The average Bonchev–Trinajstić information content (AvgIpc) is 3.38. The number of rotatable bonds is 11. The van der Waals surface area contributed by atoms with Crippen LogP contribution in [0.3, 0.4) is 0 Å². The Labute approximate surface area is 264 Å². The van der Waals surface area contributed by atoms with Crippen molar-refractivity contribution in [3.63, 3.8) is 0 Å². The third-order valence-electron chi connectivity index (χ3n) is 7.01. The van der Waals surface area contributed by atoms with Crippen LogP contribution in [-0.2, 0) is 17.4 Å². The summed E-state index contributed by atoms with van der Waals surface area (Å²) in [6.45, 7) is 7.78. The number of benzene rings is 1. The van der Waals surface area contributed by atoms with Crippen LogP contribution in [0, 0.1) is 17.0 Å². The molecule has 2 heterocycles. The zero-order valence-electron chi connectivity index (χ0n) is 25.0. The fourth-order valence-electron chi connectivity index (χ4n) is 4.97. The molecule has 44 heavy (non-hydrogen) atoms. The molecule has 0 bridgehead atoms. The number of ether oxygens (including phenoxy) is 1. The molecule has 4 rings (SSSR count). The summed E-state index contributed by atoms with van der Waals surface area (Å²) in [7, 11) is 0. The Morgan fingerprint density at radius 3 is 2.34 bits per heavy atom. The molecule has 240 valence electrons. The largest absolute Gasteiger partial charge is 0.490 e. The van der Waals surface area contributed by atoms with E-state index in [0.29, 0.717) is 6.42 Å². The topological polar surface area (TPSA) is 97.6 Å². The maximum atomic E-state index is 13.1. The lowest BCUT2D eigenvalue weighted by Gasteiger charge is -2.30. The van der Waals surface area contributed by atoms with Gasteiger partial charge in [0.1, 0.15) is 11.3 Å². The second-order valence-corrected chi connectivity index (χ2v) is 12.4. The number of amides is 1. The molecule has 1 aliphatic rings. The number of hydrogen-bond donors (Lipinski definition) is 1. The molecule has 13 heteroatoms. The SMILES string of the molecule is CCCN(CCC)C(=O)Cc1ccc(Cl)s1.Cc1cc(OC2CCC(Nc3ccc([N+](=O)[O-])c(C(F)(F)F)c3)CC2)ccn1. The number of nitrogens with zero attached hydrogens (tertiary/aromatic N) is 3. The van der Waals surface area contributed by atoms with Gasteiger partial charge in [-0.25, -0.2) is 0 Å². The van der Waals surface area contributed by atoms with Gasteiger partial charge in [-0.2, -0.15) is 13.2 Å². The van der Waals surface area contributed by atoms with E-state index >= 15 is 0 Å². The number of carbonyl (C=O) groups excluding carboxylic acids is 1. The fraction of sp³-hybridized carbons (Fsp3) is 0.484. The highest BCUT2D eigenvalue weighted by Crippen LogP contribution is 2.38. The number of alkyl halides is 3. The number of thiophene rings is 1. The van der Waals surface area contributed by atoms with Gasteiger partial charge in [0.25, 0.3) is 5.69 Å². The van der Waals surface area contributed by atoms with Crippen molar-refractivity contribution < 1.29 is 27.6 Å². The van der Waals surface area contributed by atoms with E-state index < -0.39 is 22.4 Å². The number of pyridine rings is 1. The maximum absolute atomic E-state index is 13.1. The maximum Gasteiger partial charge on any atom is 0.423 e. The Morgan fingerprint density at radius 1 is 1.11 bits per heavy atom. The first-order valence-electron chi connectivity index (χ1n) is 14.6. The lowest BCUT2D eigenvalue weighted by molar-refractivity contribution is -0.388. The van der Waals surface area contributed by atoms with E-state index in [1.165, 1.54) is 17.4 Å². The lowest BCUT2D eigenvalue weighted by atomic mass is 9.92. The number of aromatic nitrogens is 1. The van der Waals surface area contributed by atoms with Gasteiger partial charge in [-0.05, 0) is 75.8 Å². The summed E-state index contributed by atoms with van der Waals surface area (Å²) in [5, 5.41) is 13.9. The first-order valence-corrected chi connectivity index (χ1v) is 15.8. The molecule has 0 spiro atoms. The molecule has 1 fully saturated rings. The summed E-state index contributed by atoms with van der Waals surface area (Å²) in [4.78, 5) is 28.9. The van der Waals surface area contributed by atoms with Gasteiger partial charge >= 0.3 is 6.18 Å². The van der Waals surface area contributed by atoms with Crippen LogP contribution < -0.4 is 10.1 Å². The lowest BCUT2D eigenvalue weighted by Crippen LogP contribution is -2.33. The number of aryl methyl sites for hydroxylation is 1. The van der Waals surface area contributed by atoms with E-state index in [1.54, 1.807) is 12.3 Å². The van der Waals surface area contributed by atoms with Gasteiger partial charge in [0.15, 0.2) is 0 Å². The molecule has 0 radical (unpaired) electrons. The second kappa shape index (κ2) is 16.6. The minimum absolute atomic E-state index is 0.0124. The standard InChI is InChI=1S/C19H20F3N3O3.C12H18ClNOS/c1-12-10-16(8-9-23-12)28-15-5-2-13(3-6-15)24-14-4-7-18(25(26)27)17(11-14)19(20,21)22;1-3-7-14(8-4-2)12(15)9-10-5-6-11(13)16-10/h4,7-11,13,15,24H,2-3,5-6H2,1H3;5-6H,3-4,7-9H2,1-2H3. The van der Waals surface area contributed by atoms with Crippen LogP contribution in [-0.4, -0.2) is 45.9 Å². The first-order chi connectivity index (χ1) is 20.9. The molecule has 1 saturated carbocycles. The van der Waals surface area contributed by atoms with Crippen LogP contribution in [0.15, 0.2) is 48.7 Å². The Bertz CT molecular complexity index is 1370. The van der Waals surface area contributed by atoms with E-state index in [0.717, 1.165) is 84.4 Å². The number of anilines is 1. The van der Waals surface area contributed by atoms with E-state index in [1.807, 2.05) is 30.0 Å². The van der Waals surface area contributed by atoms with Crippen molar-refractivity contribution in [3.8, 4) is 5.75 Å². The monoisotopic (exact) mass is 654 g/mol. The zero-order chi connectivity index (χ0) is 32.3. The molecule has 1 amide bonds. The molecule has 8 nitrogen and oxygen atoms in total. The van der Waals surface area contributed by atoms with Crippen molar-refractivity contribution in [1.29, 1.82) is 0 Å². The Morgan fingerprint density at radius 2 is 1.80 bits per heavy atom. The van der Waals surface area contributed by atoms with Crippen molar-refractivity contribution in [1.82, 2.24) is 9.88 Å². The Kier molecular flexibility index (Phi) is 13.3. The summed E-state index contributed by atoms with van der Waals surface area (Å²) >= 11 is 7.33. The normalized spacial score (nSPS) is 16.4. The predicted octanol–water partition coefficient (Wildman–Crippen LogP) is 8.71. The summed E-state index contributed by atoms with van der Waals surface area (Å²) in [6, 6.07) is 10.4. The van der Waals surface area contributed by atoms with Crippen molar-refractivity contribution in [2.75, 3.05) is 18.4 Å². The smallest absolute Gasteiger partial charge is 0.423 e. The molecule has 1 N–H and O–H groups in total. The number of hydrogen-bond acceptors (Lipinski definition) is 7. The van der Waals surface area contributed by atoms with Crippen molar-refractivity contribution in [2.45, 2.75) is 84.0 Å². The summed E-state index contributed by atoms with van der Waals surface area (Å²) in [6.07, 6.45) is 2.43.